The first-order valence-corrected chi connectivity index (χ1v) is 12.1. The van der Waals surface area contributed by atoms with Crippen LogP contribution in [0.15, 0.2) is 72.8 Å². The summed E-state index contributed by atoms with van der Waals surface area (Å²) in [5, 5.41) is 16.2. The van der Waals surface area contributed by atoms with E-state index in [1.54, 1.807) is 0 Å². The van der Waals surface area contributed by atoms with Crippen LogP contribution in [0.1, 0.15) is 17.0 Å². The van der Waals surface area contributed by atoms with Crippen LogP contribution in [0, 0.1) is 0 Å². The second kappa shape index (κ2) is 17.0. The van der Waals surface area contributed by atoms with Gasteiger partial charge in [0, 0.05) is 58.9 Å². The van der Waals surface area contributed by atoms with Gasteiger partial charge in [-0.15, -0.1) is 49.6 Å². The molecule has 9 heteroatoms. The molecule has 2 heterocycles. The molecule has 0 amide bonds. The van der Waals surface area contributed by atoms with Crippen molar-refractivity contribution in [3.63, 3.8) is 0 Å². The van der Waals surface area contributed by atoms with Gasteiger partial charge in [-0.3, -0.25) is 9.88 Å². The van der Waals surface area contributed by atoms with Crippen molar-refractivity contribution >= 4 is 71.2 Å². The van der Waals surface area contributed by atoms with Crippen LogP contribution in [0.3, 0.4) is 0 Å². The number of rotatable bonds is 5. The highest BCUT2D eigenvalue weighted by Gasteiger charge is 2.09. The minimum Gasteiger partial charge on any atom is -0.311 e. The third-order valence-electron chi connectivity index (χ3n) is 6.48. The van der Waals surface area contributed by atoms with Crippen molar-refractivity contribution in [2.24, 2.45) is 0 Å². The van der Waals surface area contributed by atoms with E-state index in [0.717, 1.165) is 70.3 Å². The minimum absolute atomic E-state index is 0. The number of nitrogens with one attached hydrogen (secondary N) is 3. The number of halogens is 4. The first-order chi connectivity index (χ1) is 16.4. The molecule has 0 saturated carbocycles. The fourth-order valence-corrected chi connectivity index (χ4v) is 4.72. The van der Waals surface area contributed by atoms with E-state index in [1.807, 2.05) is 0 Å². The number of pyridine rings is 1. The zero-order chi connectivity index (χ0) is 22.3. The second-order valence-electron chi connectivity index (χ2n) is 8.79. The number of fused-ring (bicyclic) bond motifs is 4. The molecular formula is C28H37Cl4N5. The topological polar surface area (TPSA) is 52.2 Å². The number of hydrogen-bond acceptors (Lipinski definition) is 5. The molecule has 0 aliphatic carbocycles. The van der Waals surface area contributed by atoms with Crippen LogP contribution < -0.4 is 16.0 Å². The Balaban J connectivity index is 0.00000171. The Morgan fingerprint density at radius 2 is 1.24 bits per heavy atom. The lowest BCUT2D eigenvalue weighted by Crippen LogP contribution is -2.40. The SMILES string of the molecule is Cl.Cl.Cl.Cl.c1cc2nc(c1)CNCCN(CCNCc1c3ccccc3cc3ccccc13)CCNC2. The number of aromatic nitrogens is 1. The van der Waals surface area contributed by atoms with Crippen LogP contribution >= 0.6 is 49.6 Å². The predicted octanol–water partition coefficient (Wildman–Crippen LogP) is 5.36. The summed E-state index contributed by atoms with van der Waals surface area (Å²) in [6.07, 6.45) is 0. The molecule has 37 heavy (non-hydrogen) atoms. The molecule has 0 unspecified atom stereocenters. The van der Waals surface area contributed by atoms with Gasteiger partial charge >= 0.3 is 0 Å². The Morgan fingerprint density at radius 1 is 0.703 bits per heavy atom. The van der Waals surface area contributed by atoms with Crippen molar-refractivity contribution < 1.29 is 0 Å². The van der Waals surface area contributed by atoms with Crippen molar-refractivity contribution in [3.05, 3.63) is 89.7 Å². The second-order valence-corrected chi connectivity index (χ2v) is 8.79. The molecule has 202 valence electrons. The highest BCUT2D eigenvalue weighted by Crippen LogP contribution is 2.28. The van der Waals surface area contributed by atoms with E-state index >= 15 is 0 Å². The number of benzene rings is 3. The lowest BCUT2D eigenvalue weighted by Gasteiger charge is -2.24. The van der Waals surface area contributed by atoms with Gasteiger partial charge in [0.1, 0.15) is 0 Å². The fraction of sp³-hybridized carbons (Fsp3) is 0.321. The molecule has 0 atom stereocenters. The van der Waals surface area contributed by atoms with Crippen LogP contribution in [-0.2, 0) is 19.6 Å². The molecule has 0 saturated heterocycles. The monoisotopic (exact) mass is 583 g/mol. The lowest BCUT2D eigenvalue weighted by atomic mass is 9.97. The van der Waals surface area contributed by atoms with Gasteiger partial charge in [-0.25, -0.2) is 0 Å². The highest BCUT2D eigenvalue weighted by molar-refractivity contribution is 6.02. The summed E-state index contributed by atoms with van der Waals surface area (Å²) in [5.41, 5.74) is 3.63. The lowest BCUT2D eigenvalue weighted by molar-refractivity contribution is 0.270. The predicted molar refractivity (Wildman–Crippen MR) is 166 cm³/mol. The maximum atomic E-state index is 4.71. The van der Waals surface area contributed by atoms with Gasteiger partial charge in [0.15, 0.2) is 0 Å². The molecule has 1 aliphatic heterocycles. The van der Waals surface area contributed by atoms with Crippen LogP contribution in [-0.4, -0.2) is 49.2 Å². The minimum atomic E-state index is 0. The molecular weight excluding hydrogens is 548 g/mol. The van der Waals surface area contributed by atoms with E-state index in [4.69, 9.17) is 4.98 Å². The van der Waals surface area contributed by atoms with E-state index in [-0.39, 0.29) is 49.6 Å². The van der Waals surface area contributed by atoms with Gasteiger partial charge in [-0.2, -0.15) is 0 Å². The van der Waals surface area contributed by atoms with E-state index in [0.29, 0.717) is 0 Å². The van der Waals surface area contributed by atoms with Crippen LogP contribution in [0.5, 0.6) is 0 Å². The summed E-state index contributed by atoms with van der Waals surface area (Å²) < 4.78 is 0. The first kappa shape index (κ1) is 33.4. The van der Waals surface area contributed by atoms with E-state index in [9.17, 15) is 0 Å². The molecule has 3 N–H and O–H groups in total. The number of nitrogens with zero attached hydrogens (tertiary/aromatic N) is 2. The van der Waals surface area contributed by atoms with E-state index in [2.05, 4.69) is 93.6 Å². The van der Waals surface area contributed by atoms with Gasteiger partial charge in [0.2, 0.25) is 0 Å². The number of hydrogen-bond donors (Lipinski definition) is 3. The zero-order valence-corrected chi connectivity index (χ0v) is 24.1. The van der Waals surface area contributed by atoms with Crippen LogP contribution in [0.4, 0.5) is 0 Å². The molecule has 5 rings (SSSR count). The Bertz CT molecular complexity index is 1140. The third kappa shape index (κ3) is 8.95. The summed E-state index contributed by atoms with van der Waals surface area (Å²) in [7, 11) is 0. The summed E-state index contributed by atoms with van der Waals surface area (Å²) in [5.74, 6) is 0. The van der Waals surface area contributed by atoms with Crippen molar-refractivity contribution in [3.8, 4) is 0 Å². The third-order valence-corrected chi connectivity index (χ3v) is 6.48. The smallest absolute Gasteiger partial charge is 0.0545 e. The largest absolute Gasteiger partial charge is 0.311 e. The average Bonchev–Trinajstić information content (AvgIpc) is 2.85. The van der Waals surface area contributed by atoms with Gasteiger partial charge in [-0.1, -0.05) is 54.6 Å². The maximum Gasteiger partial charge on any atom is 0.0545 e. The molecule has 0 radical (unpaired) electrons. The van der Waals surface area contributed by atoms with Crippen molar-refractivity contribution in [1.82, 2.24) is 25.8 Å². The first-order valence-electron chi connectivity index (χ1n) is 12.1. The molecule has 4 aromatic rings. The van der Waals surface area contributed by atoms with Gasteiger partial charge in [0.25, 0.3) is 0 Å². The summed E-state index contributed by atoms with van der Waals surface area (Å²) in [6, 6.07) is 26.1. The standard InChI is InChI=1S/C28H33N5.4ClH/c1-3-10-26-22(6-1)18-23-7-2-4-11-27(23)28(26)21-31-14-17-33-15-12-29-19-24-8-5-9-25(32-24)20-30-13-16-33;;;;/h1-11,18,29-31H,12-17,19-21H2;4*1H. The van der Waals surface area contributed by atoms with Gasteiger partial charge in [-0.05, 0) is 45.3 Å². The zero-order valence-electron chi connectivity index (χ0n) is 20.8. The summed E-state index contributed by atoms with van der Waals surface area (Å²) >= 11 is 0. The molecule has 1 aliphatic rings. The summed E-state index contributed by atoms with van der Waals surface area (Å²) in [4.78, 5) is 7.25. The normalized spacial score (nSPS) is 14.2. The van der Waals surface area contributed by atoms with Gasteiger partial charge in [0.05, 0.1) is 11.4 Å². The molecule has 0 fully saturated rings. The Labute approximate surface area is 244 Å². The molecule has 3 aromatic carbocycles. The van der Waals surface area contributed by atoms with Crippen LogP contribution in [0.25, 0.3) is 21.5 Å². The van der Waals surface area contributed by atoms with Crippen molar-refractivity contribution in [2.75, 3.05) is 39.3 Å². The van der Waals surface area contributed by atoms with E-state index < -0.39 is 0 Å². The maximum absolute atomic E-state index is 4.71. The highest BCUT2D eigenvalue weighted by atomic mass is 35.5. The van der Waals surface area contributed by atoms with Crippen molar-refractivity contribution in [1.29, 1.82) is 0 Å². The molecule has 1 aromatic heterocycles. The van der Waals surface area contributed by atoms with Crippen molar-refractivity contribution in [2.45, 2.75) is 19.6 Å². The average molecular weight is 585 g/mol. The van der Waals surface area contributed by atoms with E-state index in [1.165, 1.54) is 27.1 Å². The molecule has 5 nitrogen and oxygen atoms in total. The molecule has 2 bridgehead atoms. The van der Waals surface area contributed by atoms with Gasteiger partial charge < -0.3 is 16.0 Å². The molecule has 0 spiro atoms. The Morgan fingerprint density at radius 3 is 1.81 bits per heavy atom. The summed E-state index contributed by atoms with van der Waals surface area (Å²) in [6.45, 7) is 8.57. The Hall–Kier alpha value is -1.67. The fourth-order valence-electron chi connectivity index (χ4n) is 4.72. The quantitative estimate of drug-likeness (QED) is 0.218. The van der Waals surface area contributed by atoms with Crippen LogP contribution in [0.2, 0.25) is 0 Å². The Kier molecular flexibility index (Phi) is 15.3.